The first kappa shape index (κ1) is 30.6. The maximum absolute atomic E-state index is 12.6. The number of ether oxygens (including phenoxy) is 1. The quantitative estimate of drug-likeness (QED) is 0.117. The molecule has 0 saturated heterocycles. The lowest BCUT2D eigenvalue weighted by Crippen LogP contribution is -2.34. The lowest BCUT2D eigenvalue weighted by atomic mass is 9.81. The van der Waals surface area contributed by atoms with Crippen LogP contribution in [-0.4, -0.2) is 30.4 Å². The van der Waals surface area contributed by atoms with Gasteiger partial charge in [-0.1, -0.05) is 42.5 Å². The third kappa shape index (κ3) is 8.32. The third-order valence-electron chi connectivity index (χ3n) is 7.65. The molecule has 1 aliphatic rings. The summed E-state index contributed by atoms with van der Waals surface area (Å²) in [6.45, 7) is -1.99. The largest absolute Gasteiger partial charge is 0.435 e. The van der Waals surface area contributed by atoms with Gasteiger partial charge in [-0.25, -0.2) is 10.5 Å². The number of nitrogens with one attached hydrogen (secondary N) is 2. The fourth-order valence-corrected chi connectivity index (χ4v) is 5.60. The van der Waals surface area contributed by atoms with E-state index in [2.05, 4.69) is 55.5 Å². The van der Waals surface area contributed by atoms with E-state index in [0.29, 0.717) is 41.6 Å². The van der Waals surface area contributed by atoms with Crippen molar-refractivity contribution >= 4 is 23.5 Å². The summed E-state index contributed by atoms with van der Waals surface area (Å²) in [6, 6.07) is 19.1. The number of rotatable bonds is 13. The van der Waals surface area contributed by atoms with E-state index in [-0.39, 0.29) is 35.5 Å². The number of nitrogens with two attached hydrogens (primary N) is 3. The van der Waals surface area contributed by atoms with E-state index < -0.39 is 6.61 Å². The fourth-order valence-electron chi connectivity index (χ4n) is 5.60. The van der Waals surface area contributed by atoms with E-state index in [0.717, 1.165) is 25.7 Å². The highest BCUT2D eigenvalue weighted by molar-refractivity contribution is 5.82. The second kappa shape index (κ2) is 15.0. The minimum Gasteiger partial charge on any atom is -0.435 e. The van der Waals surface area contributed by atoms with Crippen LogP contribution in [0.4, 0.5) is 26.1 Å². The van der Waals surface area contributed by atoms with E-state index in [4.69, 9.17) is 22.7 Å². The summed E-state index contributed by atoms with van der Waals surface area (Å²) in [5.41, 5.74) is 29.6. The Bertz CT molecular complexity index is 1370. The van der Waals surface area contributed by atoms with Gasteiger partial charge in [0.25, 0.3) is 0 Å². The number of allylic oxidation sites excluding steroid dienone is 1. The molecule has 0 amide bonds. The van der Waals surface area contributed by atoms with Crippen LogP contribution in [0.1, 0.15) is 60.6 Å². The molecular weight excluding hydrogens is 538 g/mol. The van der Waals surface area contributed by atoms with Gasteiger partial charge >= 0.3 is 6.61 Å². The van der Waals surface area contributed by atoms with Crippen LogP contribution in [0, 0.1) is 5.53 Å². The zero-order valence-corrected chi connectivity index (χ0v) is 23.4. The van der Waals surface area contributed by atoms with Crippen LogP contribution in [-0.2, 0) is 6.54 Å². The molecule has 1 saturated carbocycles. The Morgan fingerprint density at radius 1 is 1.07 bits per heavy atom. The van der Waals surface area contributed by atoms with Crippen molar-refractivity contribution in [1.82, 2.24) is 10.3 Å². The lowest BCUT2D eigenvalue weighted by molar-refractivity contribution is -0.0498. The predicted molar refractivity (Wildman–Crippen MR) is 162 cm³/mol. The first-order chi connectivity index (χ1) is 20.4. The maximum atomic E-state index is 12.6. The molecule has 0 spiro atoms. The molecule has 4 rings (SSSR count). The SMILES string of the molecule is N=Nc1c([C@H](CCNC2CCC(c3ccccc3)CC2)C(C=NCc2cccc(OC(F)F)c2)=CN)cc(N)nc1N. The van der Waals surface area contributed by atoms with Crippen molar-refractivity contribution in [3.05, 3.63) is 89.1 Å². The monoisotopic (exact) mass is 576 g/mol. The zero-order chi connectivity index (χ0) is 29.9. The van der Waals surface area contributed by atoms with Gasteiger partial charge in [0.05, 0.1) is 6.54 Å². The van der Waals surface area contributed by atoms with Gasteiger partial charge < -0.3 is 27.3 Å². The summed E-state index contributed by atoms with van der Waals surface area (Å²) < 4.78 is 29.7. The molecule has 42 heavy (non-hydrogen) atoms. The summed E-state index contributed by atoms with van der Waals surface area (Å²) in [7, 11) is 0. The summed E-state index contributed by atoms with van der Waals surface area (Å²) in [5.74, 6) is 0.625. The number of aromatic nitrogens is 1. The molecule has 1 aromatic heterocycles. The van der Waals surface area contributed by atoms with E-state index in [1.54, 1.807) is 24.4 Å². The molecule has 11 heteroatoms. The Morgan fingerprint density at radius 2 is 1.83 bits per heavy atom. The highest BCUT2D eigenvalue weighted by Gasteiger charge is 2.25. The number of benzene rings is 2. The lowest BCUT2D eigenvalue weighted by Gasteiger charge is -2.30. The molecule has 3 aromatic rings. The van der Waals surface area contributed by atoms with Crippen molar-refractivity contribution in [2.24, 2.45) is 15.8 Å². The second-order valence-corrected chi connectivity index (χ2v) is 10.4. The normalized spacial score (nSPS) is 18.3. The summed E-state index contributed by atoms with van der Waals surface area (Å²) in [4.78, 5) is 8.59. The number of hydrogen-bond acceptors (Lipinski definition) is 9. The predicted octanol–water partition coefficient (Wildman–Crippen LogP) is 6.41. The van der Waals surface area contributed by atoms with Gasteiger partial charge in [0.2, 0.25) is 0 Å². The Hall–Kier alpha value is -4.38. The van der Waals surface area contributed by atoms with E-state index in [1.807, 2.05) is 0 Å². The van der Waals surface area contributed by atoms with Crippen molar-refractivity contribution < 1.29 is 13.5 Å². The second-order valence-electron chi connectivity index (χ2n) is 10.4. The number of aliphatic imine (C=N–C) groups is 1. The number of nitrogen functional groups attached to an aromatic ring is 2. The fraction of sp³-hybridized carbons (Fsp3) is 0.355. The van der Waals surface area contributed by atoms with Gasteiger partial charge in [-0.3, -0.25) is 4.99 Å². The Balaban J connectivity index is 1.46. The number of pyridine rings is 1. The third-order valence-corrected chi connectivity index (χ3v) is 7.65. The van der Waals surface area contributed by atoms with Gasteiger partial charge in [0, 0.05) is 18.2 Å². The van der Waals surface area contributed by atoms with Crippen LogP contribution in [0.5, 0.6) is 5.75 Å². The Kier molecular flexibility index (Phi) is 10.9. The summed E-state index contributed by atoms with van der Waals surface area (Å²) in [6.07, 6.45) is 8.18. The number of nitrogens with zero attached hydrogens (tertiary/aromatic N) is 3. The maximum Gasteiger partial charge on any atom is 0.387 e. The van der Waals surface area contributed by atoms with Crippen molar-refractivity contribution in [3.8, 4) is 5.75 Å². The average Bonchev–Trinajstić information content (AvgIpc) is 2.98. The summed E-state index contributed by atoms with van der Waals surface area (Å²) in [5, 5.41) is 7.34. The van der Waals surface area contributed by atoms with E-state index in [9.17, 15) is 8.78 Å². The molecular formula is C31H38F2N8O. The molecule has 1 aliphatic carbocycles. The van der Waals surface area contributed by atoms with Gasteiger partial charge in [-0.2, -0.15) is 13.9 Å². The molecule has 1 heterocycles. The Labute approximate surface area is 244 Å². The molecule has 222 valence electrons. The van der Waals surface area contributed by atoms with Crippen LogP contribution >= 0.6 is 0 Å². The number of anilines is 2. The molecule has 0 aliphatic heterocycles. The van der Waals surface area contributed by atoms with Crippen molar-refractivity contribution in [1.29, 1.82) is 5.53 Å². The van der Waals surface area contributed by atoms with Crippen LogP contribution in [0.2, 0.25) is 0 Å². The summed E-state index contributed by atoms with van der Waals surface area (Å²) >= 11 is 0. The van der Waals surface area contributed by atoms with Crippen LogP contribution in [0.3, 0.4) is 0 Å². The molecule has 9 nitrogen and oxygen atoms in total. The minimum absolute atomic E-state index is 0.0680. The molecule has 0 radical (unpaired) electrons. The number of hydrogen-bond donors (Lipinski definition) is 5. The smallest absolute Gasteiger partial charge is 0.387 e. The average molecular weight is 577 g/mol. The van der Waals surface area contributed by atoms with Gasteiger partial charge in [-0.05, 0) is 91.2 Å². The van der Waals surface area contributed by atoms with E-state index >= 15 is 0 Å². The van der Waals surface area contributed by atoms with Crippen LogP contribution in [0.15, 0.2) is 82.5 Å². The first-order valence-corrected chi connectivity index (χ1v) is 14.0. The van der Waals surface area contributed by atoms with Crippen molar-refractivity contribution in [3.63, 3.8) is 0 Å². The van der Waals surface area contributed by atoms with E-state index in [1.165, 1.54) is 23.9 Å². The van der Waals surface area contributed by atoms with Gasteiger partial charge in [0.15, 0.2) is 5.82 Å². The molecule has 2 aromatic carbocycles. The molecule has 8 N–H and O–H groups in total. The molecule has 1 fully saturated rings. The standard InChI is InChI=1S/C31H38F2N8O/c32-31(33)42-25-8-4-5-20(15-25)18-38-19-23(17-34)26(27-16-28(35)40-30(36)29(27)41-37)13-14-39-24-11-9-22(10-12-24)21-6-2-1-3-7-21/h1-8,15-17,19,22,24,26,31,37,39H,9-14,18,34H2,(H4,35,36,40)/t22?,24?,26-/m1/s1. The minimum atomic E-state index is -2.90. The molecule has 0 bridgehead atoms. The van der Waals surface area contributed by atoms with Crippen molar-refractivity contribution in [2.75, 3.05) is 18.0 Å². The van der Waals surface area contributed by atoms with Crippen LogP contribution in [0.25, 0.3) is 0 Å². The van der Waals surface area contributed by atoms with Crippen LogP contribution < -0.4 is 27.3 Å². The zero-order valence-electron chi connectivity index (χ0n) is 23.4. The van der Waals surface area contributed by atoms with Gasteiger partial charge in [-0.15, -0.1) is 0 Å². The molecule has 1 atom stereocenters. The highest BCUT2D eigenvalue weighted by Crippen LogP contribution is 2.38. The van der Waals surface area contributed by atoms with Gasteiger partial charge in [0.1, 0.15) is 17.3 Å². The topological polar surface area (TPSA) is 161 Å². The highest BCUT2D eigenvalue weighted by atomic mass is 19.3. The molecule has 0 unspecified atom stereocenters. The first-order valence-electron chi connectivity index (χ1n) is 14.0. The number of halogens is 2. The van der Waals surface area contributed by atoms with Crippen molar-refractivity contribution in [2.45, 2.75) is 63.1 Å². The number of alkyl halides is 2. The Morgan fingerprint density at radius 3 is 2.52 bits per heavy atom.